The average Bonchev–Trinajstić information content (AvgIpc) is 3.25. The minimum Gasteiger partial charge on any atom is -0.348 e. The van der Waals surface area contributed by atoms with E-state index in [0.717, 1.165) is 25.2 Å². The van der Waals surface area contributed by atoms with Crippen molar-refractivity contribution in [3.63, 3.8) is 0 Å². The van der Waals surface area contributed by atoms with Gasteiger partial charge in [0.15, 0.2) is 0 Å². The first-order valence-electron chi connectivity index (χ1n) is 7.48. The number of hydrogen-bond donors (Lipinski definition) is 2. The quantitative estimate of drug-likeness (QED) is 0.860. The van der Waals surface area contributed by atoms with Gasteiger partial charge in [-0.1, -0.05) is 0 Å². The third-order valence-electron chi connectivity index (χ3n) is 3.40. The molecule has 0 unspecified atom stereocenters. The van der Waals surface area contributed by atoms with E-state index in [1.807, 2.05) is 0 Å². The van der Waals surface area contributed by atoms with Crippen LogP contribution in [0, 0.1) is 0 Å². The summed E-state index contributed by atoms with van der Waals surface area (Å²) in [4.78, 5) is 28.0. The van der Waals surface area contributed by atoms with Crippen molar-refractivity contribution in [1.82, 2.24) is 20.1 Å². The summed E-state index contributed by atoms with van der Waals surface area (Å²) in [6.45, 7) is -1.25. The van der Waals surface area contributed by atoms with Crippen LogP contribution in [0.25, 0.3) is 0 Å². The second-order valence-corrected chi connectivity index (χ2v) is 5.67. The normalized spacial score (nSPS) is 14.2. The lowest BCUT2D eigenvalue weighted by molar-refractivity contribution is -0.142. The second kappa shape index (κ2) is 6.54. The van der Waals surface area contributed by atoms with E-state index >= 15 is 0 Å². The summed E-state index contributed by atoms with van der Waals surface area (Å²) in [6.07, 6.45) is 0.965. The molecule has 0 aromatic carbocycles. The zero-order valence-electron chi connectivity index (χ0n) is 12.9. The number of alkyl halides is 3. The number of nitrogens with zero attached hydrogens (tertiary/aromatic N) is 3. The molecule has 2 aromatic rings. The third-order valence-corrected chi connectivity index (χ3v) is 3.40. The second-order valence-electron chi connectivity index (χ2n) is 5.67. The van der Waals surface area contributed by atoms with Gasteiger partial charge in [-0.05, 0) is 25.0 Å². The van der Waals surface area contributed by atoms with E-state index in [1.165, 1.54) is 18.3 Å². The van der Waals surface area contributed by atoms with Gasteiger partial charge in [0.2, 0.25) is 0 Å². The third kappa shape index (κ3) is 4.78. The van der Waals surface area contributed by atoms with E-state index < -0.39 is 18.6 Å². The summed E-state index contributed by atoms with van der Waals surface area (Å²) < 4.78 is 37.6. The lowest BCUT2D eigenvalue weighted by Gasteiger charge is -2.06. The van der Waals surface area contributed by atoms with Crippen LogP contribution >= 0.6 is 0 Å². The molecule has 25 heavy (non-hydrogen) atoms. The summed E-state index contributed by atoms with van der Waals surface area (Å²) in [6, 6.07) is 2.89. The maximum Gasteiger partial charge on any atom is 0.408 e. The van der Waals surface area contributed by atoms with Crippen LogP contribution in [0.1, 0.15) is 33.7 Å². The topological polar surface area (TPSA) is 88.9 Å². The zero-order chi connectivity index (χ0) is 18.0. The number of amides is 2. The molecule has 1 aliphatic carbocycles. The van der Waals surface area contributed by atoms with E-state index in [0.29, 0.717) is 4.68 Å². The van der Waals surface area contributed by atoms with Crippen molar-refractivity contribution in [3.05, 3.63) is 42.0 Å². The molecule has 3 rings (SSSR count). The van der Waals surface area contributed by atoms with Crippen molar-refractivity contribution < 1.29 is 22.8 Å². The maximum atomic E-state index is 12.3. The Morgan fingerprint density at radius 3 is 2.72 bits per heavy atom. The maximum absolute atomic E-state index is 12.3. The van der Waals surface area contributed by atoms with Gasteiger partial charge < -0.3 is 10.6 Å². The lowest BCUT2D eigenvalue weighted by atomic mass is 10.2. The number of pyridine rings is 1. The highest BCUT2D eigenvalue weighted by atomic mass is 19.4. The Morgan fingerprint density at radius 1 is 1.28 bits per heavy atom. The van der Waals surface area contributed by atoms with Crippen LogP contribution in [-0.2, 0) is 6.54 Å². The van der Waals surface area contributed by atoms with Crippen LogP contribution < -0.4 is 10.6 Å². The first kappa shape index (κ1) is 16.9. The van der Waals surface area contributed by atoms with Crippen molar-refractivity contribution in [1.29, 1.82) is 0 Å². The highest BCUT2D eigenvalue weighted by molar-refractivity contribution is 6.05. The number of carbonyl (C=O) groups excluding carboxylic acids is 2. The Morgan fingerprint density at radius 2 is 2.04 bits per heavy atom. The number of anilines is 1. The van der Waals surface area contributed by atoms with E-state index in [2.05, 4.69) is 20.7 Å². The highest BCUT2D eigenvalue weighted by Gasteiger charge is 2.28. The minimum absolute atomic E-state index is 0.104. The monoisotopic (exact) mass is 353 g/mol. The fraction of sp³-hybridized carbons (Fsp3) is 0.333. The predicted octanol–water partition coefficient (Wildman–Crippen LogP) is 1.98. The van der Waals surface area contributed by atoms with Gasteiger partial charge in [-0.2, -0.15) is 18.3 Å². The molecule has 1 aliphatic rings. The summed E-state index contributed by atoms with van der Waals surface area (Å²) in [7, 11) is 0. The molecular weight excluding hydrogens is 339 g/mol. The number of aromatic nitrogens is 3. The average molecular weight is 353 g/mol. The fourth-order valence-electron chi connectivity index (χ4n) is 2.08. The molecule has 132 valence electrons. The van der Waals surface area contributed by atoms with Gasteiger partial charge >= 0.3 is 6.18 Å². The number of halogens is 3. The molecule has 2 heterocycles. The molecule has 0 spiro atoms. The Bertz CT molecular complexity index is 798. The van der Waals surface area contributed by atoms with Crippen LogP contribution in [-0.4, -0.2) is 38.8 Å². The fourth-order valence-corrected chi connectivity index (χ4v) is 2.08. The predicted molar refractivity (Wildman–Crippen MR) is 81.0 cm³/mol. The van der Waals surface area contributed by atoms with Gasteiger partial charge in [0, 0.05) is 24.0 Å². The minimum atomic E-state index is -4.40. The van der Waals surface area contributed by atoms with Crippen LogP contribution in [0.4, 0.5) is 18.9 Å². The van der Waals surface area contributed by atoms with Crippen LogP contribution in [0.15, 0.2) is 30.7 Å². The van der Waals surface area contributed by atoms with Crippen molar-refractivity contribution in [3.8, 4) is 0 Å². The smallest absolute Gasteiger partial charge is 0.348 e. The number of nitrogens with one attached hydrogen (secondary N) is 2. The number of carbonyl (C=O) groups is 2. The molecule has 1 saturated carbocycles. The van der Waals surface area contributed by atoms with Gasteiger partial charge in [-0.15, -0.1) is 0 Å². The number of rotatable bonds is 5. The summed E-state index contributed by atoms with van der Waals surface area (Å²) >= 11 is 0. The van der Waals surface area contributed by atoms with Crippen molar-refractivity contribution in [2.45, 2.75) is 31.6 Å². The molecule has 0 atom stereocenters. The standard InChI is InChI=1S/C15H14F3N5O2/c16-15(17,18)8-23-7-11(6-20-23)22-13(24)9-3-4-19-12(5-9)14(25)21-10-1-2-10/h3-7,10H,1-2,8H2,(H,21,25)(H,22,24). The Labute approximate surface area is 140 Å². The summed E-state index contributed by atoms with van der Waals surface area (Å²) in [5, 5.41) is 8.73. The Kier molecular flexibility index (Phi) is 4.43. The van der Waals surface area contributed by atoms with Crippen molar-refractivity contribution in [2.24, 2.45) is 0 Å². The molecule has 2 N–H and O–H groups in total. The van der Waals surface area contributed by atoms with E-state index in [9.17, 15) is 22.8 Å². The summed E-state index contributed by atoms with van der Waals surface area (Å²) in [5.74, 6) is -0.940. The highest BCUT2D eigenvalue weighted by Crippen LogP contribution is 2.20. The van der Waals surface area contributed by atoms with Crippen molar-refractivity contribution in [2.75, 3.05) is 5.32 Å². The van der Waals surface area contributed by atoms with E-state index in [-0.39, 0.29) is 28.9 Å². The van der Waals surface area contributed by atoms with Gasteiger partial charge in [-0.25, -0.2) is 0 Å². The lowest BCUT2D eigenvalue weighted by Crippen LogP contribution is -2.26. The van der Waals surface area contributed by atoms with Crippen LogP contribution in [0.5, 0.6) is 0 Å². The first-order valence-corrected chi connectivity index (χ1v) is 7.48. The van der Waals surface area contributed by atoms with Crippen LogP contribution in [0.2, 0.25) is 0 Å². The molecule has 7 nitrogen and oxygen atoms in total. The van der Waals surface area contributed by atoms with Gasteiger partial charge in [0.25, 0.3) is 11.8 Å². The zero-order valence-corrected chi connectivity index (χ0v) is 12.9. The Balaban J connectivity index is 1.65. The Hall–Kier alpha value is -2.91. The van der Waals surface area contributed by atoms with E-state index in [4.69, 9.17) is 0 Å². The van der Waals surface area contributed by atoms with Gasteiger partial charge in [-0.3, -0.25) is 19.3 Å². The molecule has 0 saturated heterocycles. The molecule has 0 bridgehead atoms. The summed E-state index contributed by atoms with van der Waals surface area (Å²) in [5.41, 5.74) is 0.391. The molecular formula is C15H14F3N5O2. The molecule has 2 aromatic heterocycles. The SMILES string of the molecule is O=C(Nc1cnn(CC(F)(F)F)c1)c1ccnc(C(=O)NC2CC2)c1. The van der Waals surface area contributed by atoms with Crippen molar-refractivity contribution >= 4 is 17.5 Å². The molecule has 10 heteroatoms. The molecule has 2 amide bonds. The van der Waals surface area contributed by atoms with Gasteiger partial charge in [0.1, 0.15) is 12.2 Å². The van der Waals surface area contributed by atoms with Crippen LogP contribution in [0.3, 0.4) is 0 Å². The van der Waals surface area contributed by atoms with Gasteiger partial charge in [0.05, 0.1) is 11.9 Å². The molecule has 0 radical (unpaired) electrons. The van der Waals surface area contributed by atoms with E-state index in [1.54, 1.807) is 0 Å². The number of hydrogen-bond acceptors (Lipinski definition) is 4. The first-order chi connectivity index (χ1) is 11.8. The molecule has 0 aliphatic heterocycles. The molecule has 1 fully saturated rings. The largest absolute Gasteiger partial charge is 0.408 e.